The van der Waals surface area contributed by atoms with Crippen LogP contribution in [0.3, 0.4) is 0 Å². The second-order valence-electron chi connectivity index (χ2n) is 10.0. The van der Waals surface area contributed by atoms with Gasteiger partial charge in [0.25, 0.3) is 0 Å². The zero-order chi connectivity index (χ0) is 24.5. The van der Waals surface area contributed by atoms with Gasteiger partial charge in [0.05, 0.1) is 6.04 Å². The maximum Gasteiger partial charge on any atom is 0.239 e. The van der Waals surface area contributed by atoms with Crippen LogP contribution in [-0.2, 0) is 11.4 Å². The lowest BCUT2D eigenvalue weighted by atomic mass is 9.99. The highest BCUT2D eigenvalue weighted by molar-refractivity contribution is 5.81. The van der Waals surface area contributed by atoms with Gasteiger partial charge >= 0.3 is 0 Å². The van der Waals surface area contributed by atoms with Crippen LogP contribution in [0.25, 0.3) is 0 Å². The van der Waals surface area contributed by atoms with Crippen molar-refractivity contribution in [1.29, 1.82) is 0 Å². The number of rotatable bonds is 10. The lowest BCUT2D eigenvalue weighted by Crippen LogP contribution is -2.54. The molecular formula is C29H41N3O2. The molecule has 1 aliphatic rings. The van der Waals surface area contributed by atoms with Crippen molar-refractivity contribution in [3.63, 3.8) is 0 Å². The minimum absolute atomic E-state index is 0.0882. The summed E-state index contributed by atoms with van der Waals surface area (Å²) in [7, 11) is 0. The van der Waals surface area contributed by atoms with E-state index in [1.807, 2.05) is 35.2 Å². The molecule has 0 aliphatic carbocycles. The van der Waals surface area contributed by atoms with Crippen LogP contribution in [0.1, 0.15) is 52.5 Å². The molecule has 0 saturated carbocycles. The van der Waals surface area contributed by atoms with Crippen molar-refractivity contribution in [3.8, 4) is 5.75 Å². The van der Waals surface area contributed by atoms with Gasteiger partial charge in [-0.05, 0) is 68.9 Å². The first-order valence-electron chi connectivity index (χ1n) is 12.5. The van der Waals surface area contributed by atoms with Crippen molar-refractivity contribution in [2.45, 2.75) is 65.6 Å². The van der Waals surface area contributed by atoms with Gasteiger partial charge in [0, 0.05) is 31.4 Å². The number of amides is 1. The van der Waals surface area contributed by atoms with Gasteiger partial charge in [0.2, 0.25) is 5.91 Å². The molecular weight excluding hydrogens is 422 g/mol. The molecule has 34 heavy (non-hydrogen) atoms. The van der Waals surface area contributed by atoms with Gasteiger partial charge in [0.1, 0.15) is 12.4 Å². The minimum atomic E-state index is -0.411. The maximum atomic E-state index is 13.0. The molecule has 184 valence electrons. The van der Waals surface area contributed by atoms with Gasteiger partial charge in [-0.1, -0.05) is 55.8 Å². The van der Waals surface area contributed by atoms with E-state index in [2.05, 4.69) is 62.9 Å². The first-order chi connectivity index (χ1) is 16.3. The van der Waals surface area contributed by atoms with Crippen LogP contribution < -0.4 is 15.4 Å². The monoisotopic (exact) mass is 463 g/mol. The number of carbonyl (C=O) groups is 1. The molecule has 2 atom stereocenters. The van der Waals surface area contributed by atoms with E-state index in [4.69, 9.17) is 10.5 Å². The van der Waals surface area contributed by atoms with Crippen molar-refractivity contribution >= 4 is 11.6 Å². The van der Waals surface area contributed by atoms with Crippen molar-refractivity contribution in [3.05, 3.63) is 71.8 Å². The van der Waals surface area contributed by atoms with E-state index in [1.165, 1.54) is 5.57 Å². The molecule has 0 radical (unpaired) electrons. The molecule has 1 saturated heterocycles. The lowest BCUT2D eigenvalue weighted by Gasteiger charge is -2.41. The molecule has 2 aromatic rings. The summed E-state index contributed by atoms with van der Waals surface area (Å²) >= 11 is 0. The highest BCUT2D eigenvalue weighted by Gasteiger charge is 2.30. The summed E-state index contributed by atoms with van der Waals surface area (Å²) in [5.74, 6) is 1.36. The van der Waals surface area contributed by atoms with Gasteiger partial charge < -0.3 is 20.3 Å². The fourth-order valence-electron chi connectivity index (χ4n) is 4.47. The lowest BCUT2D eigenvalue weighted by molar-refractivity contribution is -0.134. The van der Waals surface area contributed by atoms with Gasteiger partial charge in [0.15, 0.2) is 0 Å². The molecule has 0 spiro atoms. The number of allylic oxidation sites excluding steroid dienone is 1. The van der Waals surface area contributed by atoms with Crippen LogP contribution in [0.4, 0.5) is 5.69 Å². The Balaban J connectivity index is 1.70. The van der Waals surface area contributed by atoms with Crippen LogP contribution >= 0.6 is 0 Å². The number of nitrogens with two attached hydrogens (primary N) is 1. The van der Waals surface area contributed by atoms with Gasteiger partial charge in [-0.15, -0.1) is 0 Å². The summed E-state index contributed by atoms with van der Waals surface area (Å²) in [6.07, 6.45) is 5.04. The Kier molecular flexibility index (Phi) is 9.58. The molecule has 2 N–H and O–H groups in total. The number of carbonyl (C=O) groups excluding carboxylic acids is 1. The van der Waals surface area contributed by atoms with Crippen LogP contribution in [0, 0.1) is 5.92 Å². The van der Waals surface area contributed by atoms with Crippen LogP contribution in [0.2, 0.25) is 0 Å². The van der Waals surface area contributed by atoms with Gasteiger partial charge in [-0.25, -0.2) is 0 Å². The summed E-state index contributed by atoms with van der Waals surface area (Å²) < 4.78 is 5.98. The summed E-state index contributed by atoms with van der Waals surface area (Å²) in [5.41, 5.74) is 9.83. The number of nitrogens with zero attached hydrogens (tertiary/aromatic N) is 2. The number of benzene rings is 2. The first-order valence-corrected chi connectivity index (χ1v) is 12.5. The Bertz CT molecular complexity index is 920. The molecule has 2 unspecified atom stereocenters. The zero-order valence-electron chi connectivity index (χ0n) is 21.2. The summed E-state index contributed by atoms with van der Waals surface area (Å²) in [5, 5.41) is 0. The average Bonchev–Trinajstić information content (AvgIpc) is 2.83. The quantitative estimate of drug-likeness (QED) is 0.479. The molecule has 5 nitrogen and oxygen atoms in total. The van der Waals surface area contributed by atoms with E-state index >= 15 is 0 Å². The molecule has 0 aromatic heterocycles. The highest BCUT2D eigenvalue weighted by atomic mass is 16.5. The second kappa shape index (κ2) is 12.6. The third-order valence-corrected chi connectivity index (χ3v) is 6.30. The largest absolute Gasteiger partial charge is 0.489 e. The predicted octanol–water partition coefficient (Wildman–Crippen LogP) is 5.40. The summed E-state index contributed by atoms with van der Waals surface area (Å²) in [6, 6.07) is 18.4. The minimum Gasteiger partial charge on any atom is -0.489 e. The smallest absolute Gasteiger partial charge is 0.239 e. The average molecular weight is 464 g/mol. The maximum absolute atomic E-state index is 13.0. The fourth-order valence-corrected chi connectivity index (χ4v) is 4.47. The molecule has 2 aromatic carbocycles. The molecule has 1 fully saturated rings. The van der Waals surface area contributed by atoms with E-state index in [1.54, 1.807) is 0 Å². The third-order valence-electron chi connectivity index (χ3n) is 6.30. The first kappa shape index (κ1) is 25.8. The zero-order valence-corrected chi connectivity index (χ0v) is 21.2. The predicted molar refractivity (Wildman–Crippen MR) is 141 cm³/mol. The van der Waals surface area contributed by atoms with Crippen molar-refractivity contribution in [2.75, 3.05) is 24.5 Å². The number of hydrogen-bond donors (Lipinski definition) is 1. The molecule has 1 aliphatic heterocycles. The summed E-state index contributed by atoms with van der Waals surface area (Å²) in [6.45, 7) is 11.4. The number of piperidine rings is 1. The topological polar surface area (TPSA) is 58.8 Å². The third kappa shape index (κ3) is 7.63. The van der Waals surface area contributed by atoms with Crippen LogP contribution in [0.15, 0.2) is 66.2 Å². The van der Waals surface area contributed by atoms with Crippen molar-refractivity contribution in [1.82, 2.24) is 4.90 Å². The molecule has 3 rings (SSSR count). The Hall–Kier alpha value is -2.79. The second-order valence-corrected chi connectivity index (χ2v) is 10.0. The Morgan fingerprint density at radius 3 is 2.50 bits per heavy atom. The van der Waals surface area contributed by atoms with E-state index in [0.29, 0.717) is 19.1 Å². The fraction of sp³-hybridized carbons (Fsp3) is 0.483. The van der Waals surface area contributed by atoms with Crippen LogP contribution in [0.5, 0.6) is 5.75 Å². The number of ether oxygens (including phenoxy) is 1. The molecule has 5 heteroatoms. The van der Waals surface area contributed by atoms with Crippen molar-refractivity contribution < 1.29 is 9.53 Å². The molecule has 1 amide bonds. The van der Waals surface area contributed by atoms with Crippen LogP contribution in [-0.4, -0.2) is 42.5 Å². The van der Waals surface area contributed by atoms with E-state index in [0.717, 1.165) is 49.4 Å². The number of likely N-dealkylation sites (tertiary alicyclic amines) is 1. The van der Waals surface area contributed by atoms with Gasteiger partial charge in [-0.2, -0.15) is 0 Å². The van der Waals surface area contributed by atoms with E-state index < -0.39 is 6.04 Å². The highest BCUT2D eigenvalue weighted by Crippen LogP contribution is 2.26. The molecule has 1 heterocycles. The SMILES string of the molecule is CC(C)=CCN(c1ccc(OCc2ccccc2)cc1)C1CCCN(C(=O)C(N)CC(C)C)C1. The van der Waals surface area contributed by atoms with E-state index in [-0.39, 0.29) is 11.9 Å². The Labute approximate surface area is 205 Å². The Morgan fingerprint density at radius 1 is 1.15 bits per heavy atom. The van der Waals surface area contributed by atoms with E-state index in [9.17, 15) is 4.79 Å². The normalized spacial score (nSPS) is 16.8. The molecule has 0 bridgehead atoms. The number of anilines is 1. The number of hydrogen-bond acceptors (Lipinski definition) is 4. The Morgan fingerprint density at radius 2 is 1.85 bits per heavy atom. The van der Waals surface area contributed by atoms with Gasteiger partial charge in [-0.3, -0.25) is 4.79 Å². The van der Waals surface area contributed by atoms with Crippen molar-refractivity contribution in [2.24, 2.45) is 11.7 Å². The summed E-state index contributed by atoms with van der Waals surface area (Å²) in [4.78, 5) is 17.4. The standard InChI is InChI=1S/C29H41N3O2/c1-22(2)16-18-32(26-11-8-17-31(20-26)29(33)28(30)19-23(3)4)25-12-14-27(15-13-25)34-21-24-9-6-5-7-10-24/h5-7,9-10,12-16,23,26,28H,8,11,17-21,30H2,1-4H3.